The first-order valence-electron chi connectivity index (χ1n) is 14.2. The molecule has 6 heterocycles. The van der Waals surface area contributed by atoms with Gasteiger partial charge < -0.3 is 18.9 Å². The third-order valence-electron chi connectivity index (χ3n) is 5.64. The molecular weight excluding hydrogens is 853 g/mol. The van der Waals surface area contributed by atoms with Crippen LogP contribution in [-0.4, -0.2) is 46.4 Å². The molecule has 6 rings (SSSR count). The average molecular weight is 881 g/mol. The van der Waals surface area contributed by atoms with Gasteiger partial charge in [-0.25, -0.2) is 0 Å². The molecule has 4 aromatic heterocycles. The second-order valence-electron chi connectivity index (χ2n) is 10.1. The Balaban J connectivity index is 0.000000257. The van der Waals surface area contributed by atoms with E-state index in [0.29, 0.717) is 26.4 Å². The summed E-state index contributed by atoms with van der Waals surface area (Å²) in [5.41, 5.74) is 2.98. The van der Waals surface area contributed by atoms with Crippen LogP contribution in [0.2, 0.25) is 0 Å². The zero-order chi connectivity index (χ0) is 37.2. The molecule has 0 amide bonds. The molecular formula is C28H28F12N4O4P2Pd. The molecule has 0 radical (unpaired) electrons. The third kappa shape index (κ3) is 20.8. The van der Waals surface area contributed by atoms with Gasteiger partial charge in [0.25, 0.3) is 0 Å². The fourth-order valence-electron chi connectivity index (χ4n) is 3.88. The van der Waals surface area contributed by atoms with Crippen LogP contribution in [0.25, 0.3) is 22.8 Å². The van der Waals surface area contributed by atoms with Gasteiger partial charge in [-0.1, -0.05) is 0 Å². The van der Waals surface area contributed by atoms with Crippen molar-refractivity contribution in [3.63, 3.8) is 0 Å². The summed E-state index contributed by atoms with van der Waals surface area (Å²) in [6.07, 6.45) is 10.9. The number of aromatic nitrogens is 4. The molecule has 0 bridgehead atoms. The summed E-state index contributed by atoms with van der Waals surface area (Å²) in [7, 11) is -21.3. The number of rotatable bonds is 0. The average Bonchev–Trinajstić information content (AvgIpc) is 2.99. The van der Waals surface area contributed by atoms with E-state index in [0.717, 1.165) is 71.5 Å². The molecule has 0 aromatic carbocycles. The summed E-state index contributed by atoms with van der Waals surface area (Å²) in [5, 5.41) is 0. The van der Waals surface area contributed by atoms with Crippen molar-refractivity contribution in [3.8, 4) is 45.8 Å². The van der Waals surface area contributed by atoms with Crippen molar-refractivity contribution in [2.75, 3.05) is 26.4 Å². The van der Waals surface area contributed by atoms with Gasteiger partial charge in [0, 0.05) is 24.8 Å². The molecule has 0 N–H and O–H groups in total. The zero-order valence-corrected chi connectivity index (χ0v) is 29.1. The van der Waals surface area contributed by atoms with E-state index in [-0.39, 0.29) is 20.4 Å². The minimum absolute atomic E-state index is 0. The summed E-state index contributed by atoms with van der Waals surface area (Å²) in [4.78, 5) is 17.5. The predicted octanol–water partition coefficient (Wildman–Crippen LogP) is 12.2. The number of pyridine rings is 4. The minimum Gasteiger partial charge on any atom is -0.491 e. The van der Waals surface area contributed by atoms with Crippen LogP contribution in [0.1, 0.15) is 25.7 Å². The van der Waals surface area contributed by atoms with Crippen molar-refractivity contribution in [2.45, 2.75) is 25.7 Å². The Hall–Kier alpha value is -3.52. The van der Waals surface area contributed by atoms with Crippen LogP contribution in [0.4, 0.5) is 50.4 Å². The minimum atomic E-state index is -10.7. The van der Waals surface area contributed by atoms with Gasteiger partial charge in [-0.05, 0) is 74.2 Å². The summed E-state index contributed by atoms with van der Waals surface area (Å²) >= 11 is 0. The number of hydrogen-bond donors (Lipinski definition) is 0. The molecule has 0 spiro atoms. The number of halogens is 12. The second-order valence-corrected chi connectivity index (χ2v) is 14.0. The first-order chi connectivity index (χ1) is 22.8. The van der Waals surface area contributed by atoms with E-state index < -0.39 is 15.6 Å². The molecule has 0 unspecified atom stereocenters. The van der Waals surface area contributed by atoms with Crippen LogP contribution in [0.3, 0.4) is 0 Å². The zero-order valence-electron chi connectivity index (χ0n) is 25.8. The van der Waals surface area contributed by atoms with Crippen molar-refractivity contribution in [1.29, 1.82) is 0 Å². The largest absolute Gasteiger partial charge is 2.00 e. The van der Waals surface area contributed by atoms with Crippen LogP contribution in [-0.2, 0) is 20.4 Å². The summed E-state index contributed by atoms with van der Waals surface area (Å²) in [5.74, 6) is 3.07. The molecule has 0 fully saturated rings. The molecule has 0 saturated heterocycles. The molecule has 2 aliphatic rings. The van der Waals surface area contributed by atoms with Crippen molar-refractivity contribution in [2.24, 2.45) is 0 Å². The SMILES string of the molecule is F[P-](F)(F)(F)(F)F.F[P-](F)(F)(F)(F)F.[Pd+2].c1cnc2c(c1)OCCCCOc1cccnc1-2.c1cnc2c(c1)OCCCCOc1cccnc1-2. The van der Waals surface area contributed by atoms with Gasteiger partial charge in [0.1, 0.15) is 45.8 Å². The molecule has 8 nitrogen and oxygen atoms in total. The molecule has 2 aliphatic heterocycles. The number of fused-ring (bicyclic) bond motifs is 6. The van der Waals surface area contributed by atoms with E-state index in [9.17, 15) is 50.4 Å². The molecule has 0 aliphatic carbocycles. The first kappa shape index (κ1) is 43.6. The quantitative estimate of drug-likeness (QED) is 0.0980. The number of ether oxygens (including phenoxy) is 4. The van der Waals surface area contributed by atoms with Gasteiger partial charge in [-0.15, -0.1) is 0 Å². The molecule has 0 atom stereocenters. The van der Waals surface area contributed by atoms with Gasteiger partial charge in [-0.3, -0.25) is 19.9 Å². The van der Waals surface area contributed by atoms with Crippen molar-refractivity contribution in [1.82, 2.24) is 19.9 Å². The van der Waals surface area contributed by atoms with Gasteiger partial charge in [0.2, 0.25) is 0 Å². The summed E-state index contributed by atoms with van der Waals surface area (Å²) < 4.78 is 141. The van der Waals surface area contributed by atoms with Crippen LogP contribution >= 0.6 is 15.6 Å². The molecule has 0 saturated carbocycles. The van der Waals surface area contributed by atoms with E-state index in [1.54, 1.807) is 24.8 Å². The number of hydrogen-bond acceptors (Lipinski definition) is 8. The van der Waals surface area contributed by atoms with Crippen LogP contribution < -0.4 is 18.9 Å². The van der Waals surface area contributed by atoms with Crippen LogP contribution in [0, 0.1) is 0 Å². The van der Waals surface area contributed by atoms with Gasteiger partial charge in [-0.2, -0.15) is 0 Å². The van der Waals surface area contributed by atoms with Crippen molar-refractivity contribution in [3.05, 3.63) is 73.3 Å². The van der Waals surface area contributed by atoms with E-state index >= 15 is 0 Å². The van der Waals surface area contributed by atoms with E-state index in [1.165, 1.54) is 0 Å². The molecule has 23 heteroatoms. The normalized spacial score (nSPS) is 16.7. The Labute approximate surface area is 296 Å². The van der Waals surface area contributed by atoms with E-state index in [1.807, 2.05) is 48.5 Å². The van der Waals surface area contributed by atoms with Gasteiger partial charge >= 0.3 is 86.4 Å². The Morgan fingerprint density at radius 1 is 0.373 bits per heavy atom. The van der Waals surface area contributed by atoms with Crippen molar-refractivity contribution >= 4 is 15.6 Å². The third-order valence-corrected chi connectivity index (χ3v) is 5.64. The predicted molar refractivity (Wildman–Crippen MR) is 163 cm³/mol. The Kier molecular flexibility index (Phi) is 13.4. The Morgan fingerprint density at radius 3 is 0.725 bits per heavy atom. The topological polar surface area (TPSA) is 88.5 Å². The number of nitrogens with zero attached hydrogens (tertiary/aromatic N) is 4. The molecule has 288 valence electrons. The maximum Gasteiger partial charge on any atom is 2.00 e. The molecule has 4 aromatic rings. The standard InChI is InChI=1S/2C14H14N2O2.2F6P.Pd/c2*1-2-10-18-12-6-4-8-16-14(12)13-11(17-9-1)5-3-7-15-13;2*1-7(2,3,4,5)6;/h2*3-8H,1-2,9-10H2;;;/q;;2*-1;+2. The fraction of sp³-hybridized carbons (Fsp3) is 0.286. The van der Waals surface area contributed by atoms with Gasteiger partial charge in [0.15, 0.2) is 0 Å². The maximum atomic E-state index is 9.87. The summed E-state index contributed by atoms with van der Waals surface area (Å²) in [6, 6.07) is 15.2. The van der Waals surface area contributed by atoms with Crippen LogP contribution in [0.15, 0.2) is 73.3 Å². The van der Waals surface area contributed by atoms with Crippen LogP contribution in [0.5, 0.6) is 23.0 Å². The smallest absolute Gasteiger partial charge is 0.491 e. The van der Waals surface area contributed by atoms with E-state index in [4.69, 9.17) is 18.9 Å². The first-order valence-corrected chi connectivity index (χ1v) is 18.3. The Bertz CT molecular complexity index is 1490. The van der Waals surface area contributed by atoms with Gasteiger partial charge in [0.05, 0.1) is 26.4 Å². The summed E-state index contributed by atoms with van der Waals surface area (Å²) in [6.45, 7) is 2.74. The van der Waals surface area contributed by atoms with Crippen molar-refractivity contribution < 1.29 is 89.7 Å². The fourth-order valence-corrected chi connectivity index (χ4v) is 3.88. The van der Waals surface area contributed by atoms with E-state index in [2.05, 4.69) is 19.9 Å². The maximum absolute atomic E-state index is 10.7. The second kappa shape index (κ2) is 15.6. The molecule has 51 heavy (non-hydrogen) atoms. The Morgan fingerprint density at radius 2 is 0.549 bits per heavy atom. The monoisotopic (exact) mass is 880 g/mol.